The van der Waals surface area contributed by atoms with Crippen molar-refractivity contribution in [3.63, 3.8) is 0 Å². The molecular weight excluding hydrogens is 238 g/mol. The first-order chi connectivity index (χ1) is 6.83. The lowest BCUT2D eigenvalue weighted by Gasteiger charge is -2.34. The molecule has 0 aliphatic heterocycles. The van der Waals surface area contributed by atoms with Gasteiger partial charge >= 0.3 is 0 Å². The predicted molar refractivity (Wildman–Crippen MR) is 53.4 cm³/mol. The molecular formula is C8H17NO6S. The van der Waals surface area contributed by atoms with Crippen LogP contribution >= 0.6 is 0 Å². The van der Waals surface area contributed by atoms with Gasteiger partial charge in [-0.1, -0.05) is 0 Å². The van der Waals surface area contributed by atoms with Gasteiger partial charge in [-0.05, 0) is 0 Å². The Morgan fingerprint density at radius 3 is 2.12 bits per heavy atom. The molecule has 1 N–H and O–H groups in total. The molecule has 0 spiro atoms. The summed E-state index contributed by atoms with van der Waals surface area (Å²) >= 11 is 0. The maximum atomic E-state index is 10.9. The van der Waals surface area contributed by atoms with E-state index in [4.69, 9.17) is 0 Å². The predicted octanol–water partition coefficient (Wildman–Crippen LogP) is -2.50. The topological polar surface area (TPSA) is 104 Å². The van der Waals surface area contributed by atoms with Crippen LogP contribution in [0.5, 0.6) is 0 Å². The van der Waals surface area contributed by atoms with E-state index in [-0.39, 0.29) is 11.0 Å². The van der Waals surface area contributed by atoms with Crippen molar-refractivity contribution < 1.29 is 32.1 Å². The first kappa shape index (κ1) is 15.3. The molecule has 0 aromatic heterocycles. The number of likely N-dealkylation sites (N-methyl/N-ethyl adjacent to an activating group) is 1. The molecule has 0 rings (SSSR count). The number of nitrogens with zero attached hydrogens (tertiary/aromatic N) is 1. The van der Waals surface area contributed by atoms with Crippen LogP contribution in [0, 0.1) is 0 Å². The Balaban J connectivity index is 4.96. The summed E-state index contributed by atoms with van der Waals surface area (Å²) in [6.07, 6.45) is -0.168. The summed E-state index contributed by atoms with van der Waals surface area (Å²) in [5.41, 5.74) is 0. The van der Waals surface area contributed by atoms with Crippen LogP contribution in [0.1, 0.15) is 6.42 Å². The van der Waals surface area contributed by atoms with Crippen molar-refractivity contribution in [2.24, 2.45) is 0 Å². The fourth-order valence-corrected chi connectivity index (χ4v) is 2.04. The van der Waals surface area contributed by atoms with Gasteiger partial charge in [-0.2, -0.15) is 8.42 Å². The van der Waals surface area contributed by atoms with Gasteiger partial charge in [0.15, 0.2) is 0 Å². The average molecular weight is 255 g/mol. The maximum absolute atomic E-state index is 10.9. The van der Waals surface area contributed by atoms with Crippen LogP contribution in [0.2, 0.25) is 0 Å². The first-order valence-electron chi connectivity index (χ1n) is 4.46. The molecule has 0 amide bonds. The molecule has 0 aromatic carbocycles. The number of aliphatic carboxylic acids is 1. The van der Waals surface area contributed by atoms with Crippen LogP contribution in [-0.4, -0.2) is 63.7 Å². The molecule has 7 nitrogen and oxygen atoms in total. The maximum Gasteiger partial charge on any atom is 0.267 e. The van der Waals surface area contributed by atoms with Crippen LogP contribution in [0.3, 0.4) is 0 Å². The molecule has 0 unspecified atom stereocenters. The molecule has 0 fully saturated rings. The minimum atomic E-state index is -3.95. The van der Waals surface area contributed by atoms with Gasteiger partial charge in [0.25, 0.3) is 10.1 Å². The number of carboxylic acid groups (broad SMARTS) is 1. The Bertz CT molecular complexity index is 357. The zero-order chi connectivity index (χ0) is 13.2. The summed E-state index contributed by atoms with van der Waals surface area (Å²) in [7, 11) is 1.02. The standard InChI is InChI=1S/C8H17NO6S/c1-9(2,3)6-8(12,5-7(10)11)15-16(4,13)14/h12H,5-6H2,1-4H3/t8-/m0/s1. The number of hydrogen-bond acceptors (Lipinski definition) is 6. The second-order valence-electron chi connectivity index (χ2n) is 4.73. The number of rotatable bonds is 6. The van der Waals surface area contributed by atoms with Gasteiger partial charge < -0.3 is 19.5 Å². The first-order valence-corrected chi connectivity index (χ1v) is 6.28. The van der Waals surface area contributed by atoms with E-state index in [9.17, 15) is 23.4 Å². The number of hydrogen-bond donors (Lipinski definition) is 1. The lowest BCUT2D eigenvalue weighted by molar-refractivity contribution is -0.880. The van der Waals surface area contributed by atoms with Gasteiger partial charge in [0.2, 0.25) is 5.79 Å². The molecule has 0 aliphatic carbocycles. The number of carboxylic acids is 1. The minimum Gasteiger partial charge on any atom is -0.550 e. The molecule has 8 heteroatoms. The van der Waals surface area contributed by atoms with E-state index < -0.39 is 28.3 Å². The zero-order valence-corrected chi connectivity index (χ0v) is 10.6. The van der Waals surface area contributed by atoms with Crippen molar-refractivity contribution in [1.82, 2.24) is 0 Å². The highest BCUT2D eigenvalue weighted by Crippen LogP contribution is 2.18. The quantitative estimate of drug-likeness (QED) is 0.319. The van der Waals surface area contributed by atoms with Crippen LogP contribution in [0.15, 0.2) is 0 Å². The van der Waals surface area contributed by atoms with Gasteiger partial charge in [-0.25, -0.2) is 4.18 Å². The van der Waals surface area contributed by atoms with Gasteiger partial charge in [0, 0.05) is 12.4 Å². The molecule has 96 valence electrons. The highest BCUT2D eigenvalue weighted by molar-refractivity contribution is 7.86. The van der Waals surface area contributed by atoms with E-state index >= 15 is 0 Å². The molecule has 0 saturated heterocycles. The van der Waals surface area contributed by atoms with E-state index in [0.717, 1.165) is 6.26 Å². The van der Waals surface area contributed by atoms with E-state index in [0.29, 0.717) is 0 Å². The fourth-order valence-electron chi connectivity index (χ4n) is 1.36. The minimum absolute atomic E-state index is 0.138. The van der Waals surface area contributed by atoms with Gasteiger partial charge in [0.05, 0.1) is 27.4 Å². The molecule has 0 aromatic rings. The Morgan fingerprint density at radius 1 is 1.44 bits per heavy atom. The summed E-state index contributed by atoms with van der Waals surface area (Å²) in [6, 6.07) is 0. The monoisotopic (exact) mass is 255 g/mol. The fraction of sp³-hybridized carbons (Fsp3) is 0.875. The van der Waals surface area contributed by atoms with Crippen LogP contribution < -0.4 is 5.11 Å². The molecule has 16 heavy (non-hydrogen) atoms. The second kappa shape index (κ2) is 4.66. The largest absolute Gasteiger partial charge is 0.550 e. The lowest BCUT2D eigenvalue weighted by atomic mass is 10.2. The summed E-state index contributed by atoms with van der Waals surface area (Å²) in [4.78, 5) is 10.4. The van der Waals surface area contributed by atoms with Crippen molar-refractivity contribution >= 4 is 16.1 Å². The Hall–Kier alpha value is -0.700. The van der Waals surface area contributed by atoms with Crippen molar-refractivity contribution in [2.45, 2.75) is 12.2 Å². The van der Waals surface area contributed by atoms with E-state index in [1.165, 1.54) is 0 Å². The van der Waals surface area contributed by atoms with Gasteiger partial charge in [-0.3, -0.25) is 0 Å². The number of aliphatic hydroxyl groups is 1. The molecule has 1 atom stereocenters. The second-order valence-corrected chi connectivity index (χ2v) is 6.31. The van der Waals surface area contributed by atoms with Crippen molar-refractivity contribution in [3.05, 3.63) is 0 Å². The summed E-state index contributed by atoms with van der Waals surface area (Å²) in [5.74, 6) is -3.87. The normalized spacial score (nSPS) is 16.8. The number of quaternary nitrogens is 1. The Kier molecular flexibility index (Phi) is 4.46. The molecule has 0 aliphatic rings. The third-order valence-electron chi connectivity index (χ3n) is 1.45. The Morgan fingerprint density at radius 2 is 1.88 bits per heavy atom. The molecule has 0 bridgehead atoms. The highest BCUT2D eigenvalue weighted by atomic mass is 32.2. The number of carbonyl (C=O) groups excluding carboxylic acids is 1. The number of carbonyl (C=O) groups is 1. The van der Waals surface area contributed by atoms with Crippen molar-refractivity contribution in [2.75, 3.05) is 33.9 Å². The summed E-state index contributed by atoms with van der Waals surface area (Å²) in [6.45, 7) is -0.200. The van der Waals surface area contributed by atoms with E-state index in [2.05, 4.69) is 4.18 Å². The van der Waals surface area contributed by atoms with Gasteiger partial charge in [0.1, 0.15) is 6.54 Å². The van der Waals surface area contributed by atoms with E-state index in [1.54, 1.807) is 21.1 Å². The van der Waals surface area contributed by atoms with Crippen molar-refractivity contribution in [3.8, 4) is 0 Å². The third-order valence-corrected chi connectivity index (χ3v) is 2.06. The lowest BCUT2D eigenvalue weighted by Crippen LogP contribution is -2.53. The Labute approximate surface area is 95.0 Å². The van der Waals surface area contributed by atoms with Crippen LogP contribution in [-0.2, 0) is 19.1 Å². The molecule has 0 saturated carbocycles. The van der Waals surface area contributed by atoms with E-state index in [1.807, 2.05) is 0 Å². The van der Waals surface area contributed by atoms with Crippen LogP contribution in [0.25, 0.3) is 0 Å². The van der Waals surface area contributed by atoms with Gasteiger partial charge in [-0.15, -0.1) is 0 Å². The summed E-state index contributed by atoms with van der Waals surface area (Å²) < 4.78 is 26.4. The molecule has 0 radical (unpaired) electrons. The third kappa shape index (κ3) is 7.57. The zero-order valence-electron chi connectivity index (χ0n) is 9.76. The van der Waals surface area contributed by atoms with Crippen molar-refractivity contribution in [1.29, 1.82) is 0 Å². The average Bonchev–Trinajstić information content (AvgIpc) is 1.69. The van der Waals surface area contributed by atoms with Crippen LogP contribution in [0.4, 0.5) is 0 Å². The smallest absolute Gasteiger partial charge is 0.267 e. The molecule has 0 heterocycles. The summed E-state index contributed by atoms with van der Waals surface area (Å²) in [5, 5.41) is 20.2. The SMILES string of the molecule is C[N+](C)(C)C[C@](O)(CC(=O)[O-])OS(C)(=O)=O. The highest BCUT2D eigenvalue weighted by Gasteiger charge is 2.38.